The summed E-state index contributed by atoms with van der Waals surface area (Å²) in [6.07, 6.45) is 0.199. The van der Waals surface area contributed by atoms with Crippen LogP contribution in [0.4, 0.5) is 11.4 Å². The molecular formula is C17H22N2O. The molecule has 20 heavy (non-hydrogen) atoms. The molecule has 0 saturated carbocycles. The van der Waals surface area contributed by atoms with Gasteiger partial charge in [0, 0.05) is 30.5 Å². The molecule has 0 heterocycles. The van der Waals surface area contributed by atoms with Crippen molar-refractivity contribution in [1.82, 2.24) is 0 Å². The Bertz CT molecular complexity index is 511. The molecule has 0 unspecified atom stereocenters. The van der Waals surface area contributed by atoms with E-state index < -0.39 is 0 Å². The van der Waals surface area contributed by atoms with Crippen LogP contribution in [0, 0.1) is 0 Å². The molecule has 0 amide bonds. The van der Waals surface area contributed by atoms with Gasteiger partial charge >= 0.3 is 0 Å². The van der Waals surface area contributed by atoms with Crippen LogP contribution in [0.1, 0.15) is 13.8 Å². The number of anilines is 2. The second-order valence-corrected chi connectivity index (χ2v) is 4.91. The number of benzene rings is 2. The maximum atomic E-state index is 5.67. The predicted octanol–water partition coefficient (Wildman–Crippen LogP) is 4.00. The van der Waals surface area contributed by atoms with Gasteiger partial charge in [0.05, 0.1) is 6.10 Å². The zero-order valence-corrected chi connectivity index (χ0v) is 12.1. The van der Waals surface area contributed by atoms with Crippen LogP contribution in [0.2, 0.25) is 0 Å². The highest BCUT2D eigenvalue weighted by Crippen LogP contribution is 2.18. The first-order valence-electron chi connectivity index (χ1n) is 7.03. The summed E-state index contributed by atoms with van der Waals surface area (Å²) in [5.41, 5.74) is 2.23. The van der Waals surface area contributed by atoms with E-state index in [1.807, 2.05) is 50.2 Å². The Morgan fingerprint density at radius 3 is 2.20 bits per heavy atom. The second-order valence-electron chi connectivity index (χ2n) is 4.91. The lowest BCUT2D eigenvalue weighted by atomic mass is 10.3. The molecule has 2 rings (SSSR count). The smallest absolute Gasteiger partial charge is 0.121 e. The molecule has 0 fully saturated rings. The Kier molecular flexibility index (Phi) is 5.30. The quantitative estimate of drug-likeness (QED) is 0.746. The average Bonchev–Trinajstić information content (AvgIpc) is 2.44. The van der Waals surface area contributed by atoms with Crippen molar-refractivity contribution in [2.45, 2.75) is 20.0 Å². The Morgan fingerprint density at radius 2 is 1.50 bits per heavy atom. The molecule has 0 aliphatic carbocycles. The summed E-state index contributed by atoms with van der Waals surface area (Å²) in [5.74, 6) is 0.904. The highest BCUT2D eigenvalue weighted by Gasteiger charge is 1.99. The molecule has 0 atom stereocenters. The van der Waals surface area contributed by atoms with Gasteiger partial charge in [-0.05, 0) is 38.1 Å². The fraction of sp³-hybridized carbons (Fsp3) is 0.294. The third kappa shape index (κ3) is 4.84. The van der Waals surface area contributed by atoms with E-state index in [9.17, 15) is 0 Å². The van der Waals surface area contributed by atoms with Crippen molar-refractivity contribution in [1.29, 1.82) is 0 Å². The lowest BCUT2D eigenvalue weighted by Crippen LogP contribution is -2.13. The molecule has 2 aromatic rings. The average molecular weight is 270 g/mol. The minimum absolute atomic E-state index is 0.199. The SMILES string of the molecule is CC(C)Oc1cccc(NCCNc2ccccc2)c1. The first kappa shape index (κ1) is 14.3. The fourth-order valence-electron chi connectivity index (χ4n) is 1.92. The van der Waals surface area contributed by atoms with E-state index in [0.29, 0.717) is 0 Å². The van der Waals surface area contributed by atoms with Gasteiger partial charge in [-0.2, -0.15) is 0 Å². The monoisotopic (exact) mass is 270 g/mol. The standard InChI is InChI=1S/C17H22N2O/c1-14(2)20-17-10-6-9-16(13-17)19-12-11-18-15-7-4-3-5-8-15/h3-10,13-14,18-19H,11-12H2,1-2H3. The van der Waals surface area contributed by atoms with Gasteiger partial charge in [-0.25, -0.2) is 0 Å². The van der Waals surface area contributed by atoms with Crippen LogP contribution in [0.5, 0.6) is 5.75 Å². The summed E-state index contributed by atoms with van der Waals surface area (Å²) < 4.78 is 5.67. The van der Waals surface area contributed by atoms with Crippen LogP contribution in [-0.4, -0.2) is 19.2 Å². The molecule has 0 aromatic heterocycles. The lowest BCUT2D eigenvalue weighted by Gasteiger charge is -2.12. The molecule has 2 N–H and O–H groups in total. The van der Waals surface area contributed by atoms with Gasteiger partial charge in [0.1, 0.15) is 5.75 Å². The molecule has 0 aliphatic heterocycles. The third-order valence-electron chi connectivity index (χ3n) is 2.76. The highest BCUT2D eigenvalue weighted by molar-refractivity contribution is 5.48. The Hall–Kier alpha value is -2.16. The summed E-state index contributed by atoms with van der Waals surface area (Å²) in [6, 6.07) is 18.3. The minimum Gasteiger partial charge on any atom is -0.491 e. The number of hydrogen-bond donors (Lipinski definition) is 2. The van der Waals surface area contributed by atoms with Crippen molar-refractivity contribution in [2.24, 2.45) is 0 Å². The van der Waals surface area contributed by atoms with Crippen molar-refractivity contribution < 1.29 is 4.74 Å². The Balaban J connectivity index is 1.76. The van der Waals surface area contributed by atoms with E-state index in [0.717, 1.165) is 30.2 Å². The molecule has 0 bridgehead atoms. The predicted molar refractivity (Wildman–Crippen MR) is 85.6 cm³/mol. The molecule has 0 radical (unpaired) electrons. The number of hydrogen-bond acceptors (Lipinski definition) is 3. The van der Waals surface area contributed by atoms with Crippen LogP contribution < -0.4 is 15.4 Å². The van der Waals surface area contributed by atoms with Gasteiger partial charge in [-0.1, -0.05) is 24.3 Å². The van der Waals surface area contributed by atoms with Crippen molar-refractivity contribution >= 4 is 11.4 Å². The first-order chi connectivity index (χ1) is 9.74. The lowest BCUT2D eigenvalue weighted by molar-refractivity contribution is 0.242. The molecule has 106 valence electrons. The van der Waals surface area contributed by atoms with Crippen LogP contribution >= 0.6 is 0 Å². The van der Waals surface area contributed by atoms with E-state index in [-0.39, 0.29) is 6.10 Å². The second kappa shape index (κ2) is 7.43. The normalized spacial score (nSPS) is 10.3. The van der Waals surface area contributed by atoms with Crippen LogP contribution in [0.15, 0.2) is 54.6 Å². The molecule has 0 spiro atoms. The van der Waals surface area contributed by atoms with E-state index in [2.05, 4.69) is 28.8 Å². The summed E-state index contributed by atoms with van der Waals surface area (Å²) in [6.45, 7) is 5.80. The van der Waals surface area contributed by atoms with E-state index in [4.69, 9.17) is 4.74 Å². The van der Waals surface area contributed by atoms with Crippen molar-refractivity contribution in [3.63, 3.8) is 0 Å². The maximum absolute atomic E-state index is 5.67. The van der Waals surface area contributed by atoms with Gasteiger partial charge in [0.2, 0.25) is 0 Å². The number of nitrogens with one attached hydrogen (secondary N) is 2. The highest BCUT2D eigenvalue weighted by atomic mass is 16.5. The summed E-state index contributed by atoms with van der Waals surface area (Å²) in [4.78, 5) is 0. The van der Waals surface area contributed by atoms with E-state index in [1.165, 1.54) is 0 Å². The van der Waals surface area contributed by atoms with Gasteiger partial charge < -0.3 is 15.4 Å². The zero-order chi connectivity index (χ0) is 14.2. The number of ether oxygens (including phenoxy) is 1. The van der Waals surface area contributed by atoms with E-state index in [1.54, 1.807) is 0 Å². The van der Waals surface area contributed by atoms with Gasteiger partial charge in [-0.15, -0.1) is 0 Å². The molecule has 3 nitrogen and oxygen atoms in total. The topological polar surface area (TPSA) is 33.3 Å². The number of para-hydroxylation sites is 1. The first-order valence-corrected chi connectivity index (χ1v) is 7.03. The Labute approximate surface area is 121 Å². The van der Waals surface area contributed by atoms with Crippen molar-refractivity contribution in [3.8, 4) is 5.75 Å². The van der Waals surface area contributed by atoms with Gasteiger partial charge in [0.15, 0.2) is 0 Å². The van der Waals surface area contributed by atoms with Crippen molar-refractivity contribution in [3.05, 3.63) is 54.6 Å². The molecular weight excluding hydrogens is 248 g/mol. The molecule has 0 saturated heterocycles. The van der Waals surface area contributed by atoms with Gasteiger partial charge in [0.25, 0.3) is 0 Å². The minimum atomic E-state index is 0.199. The largest absolute Gasteiger partial charge is 0.491 e. The van der Waals surface area contributed by atoms with Crippen molar-refractivity contribution in [2.75, 3.05) is 23.7 Å². The van der Waals surface area contributed by atoms with Crippen LogP contribution in [0.3, 0.4) is 0 Å². The maximum Gasteiger partial charge on any atom is 0.121 e. The zero-order valence-electron chi connectivity index (χ0n) is 12.1. The summed E-state index contributed by atoms with van der Waals surface area (Å²) in [5, 5.41) is 6.75. The molecule has 0 aliphatic rings. The third-order valence-corrected chi connectivity index (χ3v) is 2.76. The summed E-state index contributed by atoms with van der Waals surface area (Å²) >= 11 is 0. The number of rotatable bonds is 7. The van der Waals surface area contributed by atoms with Crippen LogP contribution in [-0.2, 0) is 0 Å². The van der Waals surface area contributed by atoms with Gasteiger partial charge in [-0.3, -0.25) is 0 Å². The molecule has 2 aromatic carbocycles. The fourth-order valence-corrected chi connectivity index (χ4v) is 1.92. The van der Waals surface area contributed by atoms with E-state index >= 15 is 0 Å². The Morgan fingerprint density at radius 1 is 0.850 bits per heavy atom. The molecule has 3 heteroatoms. The summed E-state index contributed by atoms with van der Waals surface area (Å²) in [7, 11) is 0. The van der Waals surface area contributed by atoms with Crippen LogP contribution in [0.25, 0.3) is 0 Å².